The lowest BCUT2D eigenvalue weighted by Crippen LogP contribution is -2.59. The van der Waals surface area contributed by atoms with Gasteiger partial charge in [-0.05, 0) is 43.0 Å². The SMILES string of the molecule is COc1ccc(C(=O)N2CCN([C@H](C(=O)N3CCSCC3)C3CCCC3)CC2)cc1. The molecule has 2 saturated heterocycles. The van der Waals surface area contributed by atoms with Crippen molar-refractivity contribution in [3.63, 3.8) is 0 Å². The molecule has 3 fully saturated rings. The highest BCUT2D eigenvalue weighted by atomic mass is 32.2. The van der Waals surface area contributed by atoms with Gasteiger partial charge in [-0.15, -0.1) is 0 Å². The Balaban J connectivity index is 1.40. The summed E-state index contributed by atoms with van der Waals surface area (Å²) in [6.45, 7) is 4.66. The number of ether oxygens (including phenoxy) is 1. The largest absolute Gasteiger partial charge is 0.497 e. The number of methoxy groups -OCH3 is 1. The van der Waals surface area contributed by atoms with Crippen LogP contribution in [0.4, 0.5) is 0 Å². The van der Waals surface area contributed by atoms with Crippen LogP contribution in [0.5, 0.6) is 5.75 Å². The van der Waals surface area contributed by atoms with Gasteiger partial charge in [-0.3, -0.25) is 14.5 Å². The molecule has 164 valence electrons. The fourth-order valence-corrected chi connectivity index (χ4v) is 5.92. The maximum Gasteiger partial charge on any atom is 0.253 e. The first-order valence-electron chi connectivity index (χ1n) is 11.2. The first kappa shape index (κ1) is 21.5. The summed E-state index contributed by atoms with van der Waals surface area (Å²) in [5, 5.41) is 0. The van der Waals surface area contributed by atoms with Crippen LogP contribution in [-0.4, -0.2) is 90.4 Å². The van der Waals surface area contributed by atoms with Crippen LogP contribution >= 0.6 is 11.8 Å². The number of carbonyl (C=O) groups is 2. The highest BCUT2D eigenvalue weighted by Crippen LogP contribution is 2.32. The van der Waals surface area contributed by atoms with Gasteiger partial charge in [-0.1, -0.05) is 12.8 Å². The van der Waals surface area contributed by atoms with Crippen LogP contribution in [0.3, 0.4) is 0 Å². The second kappa shape index (κ2) is 10.1. The number of hydrogen-bond donors (Lipinski definition) is 0. The van der Waals surface area contributed by atoms with Gasteiger partial charge in [0.1, 0.15) is 5.75 Å². The summed E-state index contributed by atoms with van der Waals surface area (Å²) in [6, 6.07) is 7.30. The average Bonchev–Trinajstić information content (AvgIpc) is 3.34. The molecule has 0 N–H and O–H groups in total. The van der Waals surface area contributed by atoms with E-state index in [1.54, 1.807) is 7.11 Å². The number of benzene rings is 1. The minimum atomic E-state index is -0.00571. The number of rotatable bonds is 5. The van der Waals surface area contributed by atoms with E-state index in [4.69, 9.17) is 4.74 Å². The molecule has 1 saturated carbocycles. The van der Waals surface area contributed by atoms with Crippen molar-refractivity contribution in [3.05, 3.63) is 29.8 Å². The Morgan fingerprint density at radius 1 is 0.933 bits per heavy atom. The monoisotopic (exact) mass is 431 g/mol. The van der Waals surface area contributed by atoms with Crippen LogP contribution in [-0.2, 0) is 4.79 Å². The van der Waals surface area contributed by atoms with Gasteiger partial charge < -0.3 is 14.5 Å². The Hall–Kier alpha value is -1.73. The molecule has 0 unspecified atom stereocenters. The minimum absolute atomic E-state index is 0.00571. The van der Waals surface area contributed by atoms with Gasteiger partial charge in [0.05, 0.1) is 13.2 Å². The van der Waals surface area contributed by atoms with Gasteiger partial charge in [0, 0.05) is 56.3 Å². The molecule has 0 aromatic heterocycles. The molecule has 0 spiro atoms. The van der Waals surface area contributed by atoms with Crippen LogP contribution in [0.1, 0.15) is 36.0 Å². The summed E-state index contributed by atoms with van der Waals surface area (Å²) in [6.07, 6.45) is 4.79. The molecule has 1 aliphatic carbocycles. The van der Waals surface area contributed by atoms with Gasteiger partial charge in [0.15, 0.2) is 0 Å². The first-order chi connectivity index (χ1) is 14.7. The second-order valence-electron chi connectivity index (χ2n) is 8.48. The van der Waals surface area contributed by atoms with Crippen LogP contribution < -0.4 is 4.74 Å². The maximum absolute atomic E-state index is 13.5. The average molecular weight is 432 g/mol. The van der Waals surface area contributed by atoms with Gasteiger partial charge >= 0.3 is 0 Å². The molecular weight excluding hydrogens is 398 g/mol. The molecule has 2 aliphatic heterocycles. The topological polar surface area (TPSA) is 53.1 Å². The molecule has 1 aromatic carbocycles. The molecule has 0 bridgehead atoms. The van der Waals surface area contributed by atoms with Crippen molar-refractivity contribution in [2.24, 2.45) is 5.92 Å². The number of amides is 2. The van der Waals surface area contributed by atoms with Crippen molar-refractivity contribution >= 4 is 23.6 Å². The van der Waals surface area contributed by atoms with Crippen molar-refractivity contribution in [1.82, 2.24) is 14.7 Å². The quantitative estimate of drug-likeness (QED) is 0.717. The summed E-state index contributed by atoms with van der Waals surface area (Å²) in [5.74, 6) is 3.72. The number of carbonyl (C=O) groups excluding carboxylic acids is 2. The van der Waals surface area contributed by atoms with E-state index in [9.17, 15) is 9.59 Å². The zero-order valence-corrected chi connectivity index (χ0v) is 18.7. The van der Waals surface area contributed by atoms with Gasteiger partial charge in [-0.2, -0.15) is 11.8 Å². The molecule has 3 aliphatic rings. The lowest BCUT2D eigenvalue weighted by Gasteiger charge is -2.43. The highest BCUT2D eigenvalue weighted by molar-refractivity contribution is 7.99. The summed E-state index contributed by atoms with van der Waals surface area (Å²) in [7, 11) is 1.63. The predicted molar refractivity (Wildman–Crippen MR) is 120 cm³/mol. The van der Waals surface area contributed by atoms with E-state index in [0.29, 0.717) is 30.5 Å². The number of thioether (sulfide) groups is 1. The molecule has 2 heterocycles. The summed E-state index contributed by atoms with van der Waals surface area (Å²) in [4.78, 5) is 32.8. The van der Waals surface area contributed by atoms with E-state index in [2.05, 4.69) is 9.80 Å². The van der Waals surface area contributed by atoms with Gasteiger partial charge in [-0.25, -0.2) is 0 Å². The third-order valence-electron chi connectivity index (χ3n) is 6.75. The molecule has 0 radical (unpaired) electrons. The zero-order chi connectivity index (χ0) is 20.9. The van der Waals surface area contributed by atoms with E-state index in [-0.39, 0.29) is 11.9 Å². The van der Waals surface area contributed by atoms with Crippen molar-refractivity contribution in [3.8, 4) is 5.75 Å². The Kier molecular flexibility index (Phi) is 7.20. The summed E-state index contributed by atoms with van der Waals surface area (Å²) < 4.78 is 5.19. The molecule has 6 nitrogen and oxygen atoms in total. The van der Waals surface area contributed by atoms with Gasteiger partial charge in [0.2, 0.25) is 5.91 Å². The molecule has 1 aromatic rings. The number of hydrogen-bond acceptors (Lipinski definition) is 5. The van der Waals surface area contributed by atoms with Crippen molar-refractivity contribution in [2.75, 3.05) is 57.9 Å². The van der Waals surface area contributed by atoms with E-state index in [1.165, 1.54) is 12.8 Å². The third-order valence-corrected chi connectivity index (χ3v) is 7.70. The third kappa shape index (κ3) is 4.78. The maximum atomic E-state index is 13.5. The predicted octanol–water partition coefficient (Wildman–Crippen LogP) is 2.59. The molecule has 4 rings (SSSR count). The van der Waals surface area contributed by atoms with Crippen LogP contribution in [0, 0.1) is 5.92 Å². The Morgan fingerprint density at radius 3 is 2.17 bits per heavy atom. The standard InChI is InChI=1S/C23H33N3O3S/c1-29-20-8-6-19(7-9-20)22(27)25-12-10-24(11-13-25)21(18-4-2-3-5-18)23(28)26-14-16-30-17-15-26/h6-9,18,21H,2-5,10-17H2,1H3/t21-/m0/s1. The van der Waals surface area contributed by atoms with Gasteiger partial charge in [0.25, 0.3) is 5.91 Å². The molecule has 2 amide bonds. The molecule has 7 heteroatoms. The minimum Gasteiger partial charge on any atom is -0.497 e. The van der Waals surface area contributed by atoms with Crippen LogP contribution in [0.2, 0.25) is 0 Å². The van der Waals surface area contributed by atoms with E-state index >= 15 is 0 Å². The van der Waals surface area contributed by atoms with Crippen molar-refractivity contribution < 1.29 is 14.3 Å². The Morgan fingerprint density at radius 2 is 1.57 bits per heavy atom. The number of nitrogens with zero attached hydrogens (tertiary/aromatic N) is 3. The Labute approximate surface area is 183 Å². The number of piperazine rings is 1. The fraction of sp³-hybridized carbons (Fsp3) is 0.652. The van der Waals surface area contributed by atoms with Crippen molar-refractivity contribution in [2.45, 2.75) is 31.7 Å². The summed E-state index contributed by atoms with van der Waals surface area (Å²) in [5.41, 5.74) is 0.693. The lowest BCUT2D eigenvalue weighted by atomic mass is 9.94. The normalized spacial score (nSPS) is 22.2. The van der Waals surface area contributed by atoms with E-state index in [0.717, 1.165) is 56.3 Å². The second-order valence-corrected chi connectivity index (χ2v) is 9.71. The molecular formula is C23H33N3O3S. The lowest BCUT2D eigenvalue weighted by molar-refractivity contribution is -0.139. The smallest absolute Gasteiger partial charge is 0.253 e. The van der Waals surface area contributed by atoms with E-state index in [1.807, 2.05) is 40.9 Å². The molecule has 1 atom stereocenters. The van der Waals surface area contributed by atoms with Crippen molar-refractivity contribution in [1.29, 1.82) is 0 Å². The summed E-state index contributed by atoms with van der Waals surface area (Å²) >= 11 is 1.94. The molecule has 30 heavy (non-hydrogen) atoms. The first-order valence-corrected chi connectivity index (χ1v) is 12.4. The highest BCUT2D eigenvalue weighted by Gasteiger charge is 2.39. The van der Waals surface area contributed by atoms with E-state index < -0.39 is 0 Å². The Bertz CT molecular complexity index is 722. The van der Waals surface area contributed by atoms with Crippen LogP contribution in [0.15, 0.2) is 24.3 Å². The zero-order valence-electron chi connectivity index (χ0n) is 17.9. The van der Waals surface area contributed by atoms with Crippen LogP contribution in [0.25, 0.3) is 0 Å². The fourth-order valence-electron chi connectivity index (χ4n) is 5.02.